The quantitative estimate of drug-likeness (QED) is 0.543. The lowest BCUT2D eigenvalue weighted by molar-refractivity contribution is -0.143. The fraction of sp³-hybridized carbons (Fsp3) is 0.471. The summed E-state index contributed by atoms with van der Waals surface area (Å²) in [4.78, 5) is 35.6. The number of carbonyl (C=O) groups excluding carboxylic acids is 2. The van der Waals surface area contributed by atoms with E-state index in [1.54, 1.807) is 0 Å². The monoisotopic (exact) mass is 351 g/mol. The Balaban J connectivity index is 1.92. The molecule has 0 spiro atoms. The lowest BCUT2D eigenvalue weighted by Crippen LogP contribution is -2.51. The Bertz CT molecular complexity index is 640. The highest BCUT2D eigenvalue weighted by molar-refractivity contribution is 5.98. The Morgan fingerprint density at radius 3 is 2.20 bits per heavy atom. The van der Waals surface area contributed by atoms with Gasteiger partial charge in [0.25, 0.3) is 0 Å². The highest BCUT2D eigenvalue weighted by atomic mass is 19.1. The van der Waals surface area contributed by atoms with Crippen LogP contribution in [0.25, 0.3) is 0 Å². The number of hydrogen-bond acceptors (Lipinski definition) is 5. The van der Waals surface area contributed by atoms with E-state index in [0.29, 0.717) is 5.56 Å². The van der Waals surface area contributed by atoms with Crippen LogP contribution in [0.5, 0.6) is 0 Å². The molecule has 0 aromatic heterocycles. The summed E-state index contributed by atoms with van der Waals surface area (Å²) in [6.07, 6.45) is -0.202. The van der Waals surface area contributed by atoms with Gasteiger partial charge in [0, 0.05) is 36.4 Å². The molecule has 1 heterocycles. The van der Waals surface area contributed by atoms with Crippen molar-refractivity contribution in [2.24, 2.45) is 5.92 Å². The average Bonchev–Trinajstić information content (AvgIpc) is 2.89. The molecule has 1 aliphatic heterocycles. The van der Waals surface area contributed by atoms with Gasteiger partial charge in [0.1, 0.15) is 11.9 Å². The van der Waals surface area contributed by atoms with E-state index in [1.807, 2.05) is 13.8 Å². The fourth-order valence-corrected chi connectivity index (χ4v) is 3.04. The Labute approximate surface area is 145 Å². The third-order valence-electron chi connectivity index (χ3n) is 4.41. The minimum atomic E-state index is -1.12. The van der Waals surface area contributed by atoms with Crippen LogP contribution < -0.4 is 16.2 Å². The molecular weight excluding hydrogens is 329 g/mol. The highest BCUT2D eigenvalue weighted by Gasteiger charge is 2.40. The number of nitrogens with one attached hydrogen (secondary N) is 3. The second kappa shape index (κ2) is 8.17. The summed E-state index contributed by atoms with van der Waals surface area (Å²) in [5.74, 6) is -2.69. The SMILES string of the molecule is CC1NNC(C)C1C(NC(=O)CCC(=O)c1ccc(F)cc1)C(=O)O. The fourth-order valence-electron chi connectivity index (χ4n) is 3.04. The van der Waals surface area contributed by atoms with Gasteiger partial charge in [-0.2, -0.15) is 0 Å². The van der Waals surface area contributed by atoms with Crippen LogP contribution in [-0.2, 0) is 9.59 Å². The molecule has 3 unspecified atom stereocenters. The van der Waals surface area contributed by atoms with Crippen molar-refractivity contribution in [1.29, 1.82) is 0 Å². The molecule has 7 nitrogen and oxygen atoms in total. The van der Waals surface area contributed by atoms with Crippen LogP contribution in [-0.4, -0.2) is 40.9 Å². The number of amides is 1. The maximum Gasteiger partial charge on any atom is 0.326 e. The molecule has 0 bridgehead atoms. The summed E-state index contributed by atoms with van der Waals surface area (Å²) in [5.41, 5.74) is 6.22. The van der Waals surface area contributed by atoms with Crippen molar-refractivity contribution >= 4 is 17.7 Å². The number of halogens is 1. The van der Waals surface area contributed by atoms with Crippen LogP contribution in [0.3, 0.4) is 0 Å². The van der Waals surface area contributed by atoms with Gasteiger partial charge in [-0.1, -0.05) is 0 Å². The number of carboxylic acid groups (broad SMARTS) is 1. The van der Waals surface area contributed by atoms with Crippen LogP contribution in [0.1, 0.15) is 37.0 Å². The van der Waals surface area contributed by atoms with Crippen LogP contribution in [0, 0.1) is 11.7 Å². The number of benzene rings is 1. The normalized spacial score (nSPS) is 23.9. The van der Waals surface area contributed by atoms with Crippen LogP contribution in [0.15, 0.2) is 24.3 Å². The van der Waals surface area contributed by atoms with Crippen molar-refractivity contribution in [3.8, 4) is 0 Å². The van der Waals surface area contributed by atoms with Gasteiger partial charge in [-0.15, -0.1) is 0 Å². The lowest BCUT2D eigenvalue weighted by atomic mass is 9.88. The van der Waals surface area contributed by atoms with E-state index in [-0.39, 0.29) is 36.6 Å². The maximum absolute atomic E-state index is 12.9. The predicted octanol–water partition coefficient (Wildman–Crippen LogP) is 0.859. The zero-order chi connectivity index (χ0) is 18.6. The number of hydrazine groups is 1. The third kappa shape index (κ3) is 4.83. The van der Waals surface area contributed by atoms with Gasteiger partial charge in [-0.05, 0) is 38.1 Å². The summed E-state index contributed by atoms with van der Waals surface area (Å²) in [5, 5.41) is 11.9. The van der Waals surface area contributed by atoms with E-state index in [2.05, 4.69) is 16.2 Å². The van der Waals surface area contributed by atoms with E-state index in [1.165, 1.54) is 24.3 Å². The van der Waals surface area contributed by atoms with E-state index in [0.717, 1.165) is 0 Å². The van der Waals surface area contributed by atoms with Gasteiger partial charge in [0.2, 0.25) is 5.91 Å². The molecule has 4 N–H and O–H groups in total. The van der Waals surface area contributed by atoms with Crippen molar-refractivity contribution in [1.82, 2.24) is 16.2 Å². The molecule has 3 atom stereocenters. The number of rotatable bonds is 7. The minimum Gasteiger partial charge on any atom is -0.480 e. The average molecular weight is 351 g/mol. The van der Waals surface area contributed by atoms with Gasteiger partial charge < -0.3 is 10.4 Å². The number of Topliss-reactive ketones (excluding diaryl/α,β-unsaturated/α-hetero) is 1. The van der Waals surface area contributed by atoms with Crippen LogP contribution in [0.4, 0.5) is 4.39 Å². The highest BCUT2D eigenvalue weighted by Crippen LogP contribution is 2.19. The van der Waals surface area contributed by atoms with Gasteiger partial charge in [0.15, 0.2) is 5.78 Å². The molecule has 136 valence electrons. The molecule has 1 aliphatic rings. The van der Waals surface area contributed by atoms with Crippen molar-refractivity contribution in [3.63, 3.8) is 0 Å². The summed E-state index contributed by atoms with van der Waals surface area (Å²) in [6, 6.07) is 3.76. The minimum absolute atomic E-state index is 0.0733. The molecule has 2 rings (SSSR count). The topological polar surface area (TPSA) is 108 Å². The summed E-state index contributed by atoms with van der Waals surface area (Å²) in [7, 11) is 0. The van der Waals surface area contributed by atoms with Gasteiger partial charge in [0.05, 0.1) is 0 Å². The van der Waals surface area contributed by atoms with E-state index in [9.17, 15) is 23.9 Å². The summed E-state index contributed by atoms with van der Waals surface area (Å²) >= 11 is 0. The first kappa shape index (κ1) is 19.0. The van der Waals surface area contributed by atoms with E-state index >= 15 is 0 Å². The molecule has 1 aromatic rings. The molecular formula is C17H22FN3O4. The zero-order valence-electron chi connectivity index (χ0n) is 14.1. The third-order valence-corrected chi connectivity index (χ3v) is 4.41. The standard InChI is InChI=1S/C17H22FN3O4/c1-9-15(10(2)21-20-9)16(17(24)25)19-14(23)8-7-13(22)11-3-5-12(18)6-4-11/h3-6,9-10,15-16,20-21H,7-8H2,1-2H3,(H,19,23)(H,24,25). The maximum atomic E-state index is 12.9. The molecule has 8 heteroatoms. The largest absolute Gasteiger partial charge is 0.480 e. The number of carboxylic acids is 1. The number of carbonyl (C=O) groups is 3. The second-order valence-corrected chi connectivity index (χ2v) is 6.26. The molecule has 1 aromatic carbocycles. The van der Waals surface area contributed by atoms with E-state index < -0.39 is 23.7 Å². The Kier molecular flexibility index (Phi) is 6.22. The summed E-state index contributed by atoms with van der Waals surface area (Å²) < 4.78 is 12.9. The van der Waals surface area contributed by atoms with Crippen molar-refractivity contribution in [2.75, 3.05) is 0 Å². The van der Waals surface area contributed by atoms with Gasteiger partial charge in [-0.25, -0.2) is 9.18 Å². The van der Waals surface area contributed by atoms with Gasteiger partial charge in [-0.3, -0.25) is 20.4 Å². The molecule has 25 heavy (non-hydrogen) atoms. The molecule has 1 saturated heterocycles. The number of aliphatic carboxylic acids is 1. The first-order valence-corrected chi connectivity index (χ1v) is 8.11. The first-order valence-electron chi connectivity index (χ1n) is 8.11. The molecule has 1 amide bonds. The second-order valence-electron chi connectivity index (χ2n) is 6.26. The Morgan fingerprint density at radius 2 is 1.68 bits per heavy atom. The van der Waals surface area contributed by atoms with Crippen molar-refractivity contribution < 1.29 is 23.9 Å². The Morgan fingerprint density at radius 1 is 1.12 bits per heavy atom. The van der Waals surface area contributed by atoms with Crippen LogP contribution >= 0.6 is 0 Å². The molecule has 0 radical (unpaired) electrons. The van der Waals surface area contributed by atoms with E-state index in [4.69, 9.17) is 0 Å². The lowest BCUT2D eigenvalue weighted by Gasteiger charge is -2.26. The number of hydrogen-bond donors (Lipinski definition) is 4. The predicted molar refractivity (Wildman–Crippen MR) is 88.2 cm³/mol. The molecule has 1 fully saturated rings. The van der Waals surface area contributed by atoms with Crippen molar-refractivity contribution in [3.05, 3.63) is 35.6 Å². The Hall–Kier alpha value is -2.32. The van der Waals surface area contributed by atoms with Crippen molar-refractivity contribution in [2.45, 2.75) is 44.8 Å². The molecule has 0 aliphatic carbocycles. The smallest absolute Gasteiger partial charge is 0.326 e. The first-order chi connectivity index (χ1) is 11.8. The van der Waals surface area contributed by atoms with Crippen LogP contribution in [0.2, 0.25) is 0 Å². The summed E-state index contributed by atoms with van der Waals surface area (Å²) in [6.45, 7) is 3.67. The van der Waals surface area contributed by atoms with Gasteiger partial charge >= 0.3 is 5.97 Å². The number of ketones is 1. The zero-order valence-corrected chi connectivity index (χ0v) is 14.1. The molecule has 0 saturated carbocycles.